The fraction of sp³-hybridized carbons (Fsp3) is 0.304. The molecule has 0 aliphatic carbocycles. The van der Waals surface area contributed by atoms with Crippen LogP contribution >= 0.6 is 11.6 Å². The number of aromatic amines is 1. The summed E-state index contributed by atoms with van der Waals surface area (Å²) >= 11 is 5.82. The number of hydrogen-bond acceptors (Lipinski definition) is 4. The number of pyridine rings is 1. The quantitative estimate of drug-likeness (QED) is 0.419. The lowest BCUT2D eigenvalue weighted by molar-refractivity contribution is 0.0695. The van der Waals surface area contributed by atoms with Crippen LogP contribution in [0.25, 0.3) is 10.9 Å². The van der Waals surface area contributed by atoms with E-state index >= 15 is 0 Å². The number of methoxy groups -OCH3 is 1. The number of rotatable bonds is 9. The van der Waals surface area contributed by atoms with Crippen LogP contribution in [-0.4, -0.2) is 34.9 Å². The van der Waals surface area contributed by atoms with Gasteiger partial charge >= 0.3 is 5.97 Å². The number of nitrogens with one attached hydrogen (secondary N) is 1. The molecule has 0 amide bonds. The van der Waals surface area contributed by atoms with Crippen molar-refractivity contribution >= 4 is 28.5 Å². The highest BCUT2D eigenvalue weighted by molar-refractivity contribution is 6.30. The fourth-order valence-corrected chi connectivity index (χ4v) is 3.91. The Hall–Kier alpha value is -2.90. The third-order valence-electron chi connectivity index (χ3n) is 5.40. The van der Waals surface area contributed by atoms with E-state index in [-0.39, 0.29) is 28.5 Å². The van der Waals surface area contributed by atoms with E-state index in [0.29, 0.717) is 48.1 Å². The van der Waals surface area contributed by atoms with Gasteiger partial charge in [0.15, 0.2) is 0 Å². The van der Waals surface area contributed by atoms with Crippen LogP contribution in [-0.2, 0) is 6.42 Å². The van der Waals surface area contributed by atoms with Gasteiger partial charge in [0.1, 0.15) is 17.1 Å². The van der Waals surface area contributed by atoms with Crippen molar-refractivity contribution in [2.75, 3.05) is 13.7 Å². The minimum absolute atomic E-state index is 0.0950. The van der Waals surface area contributed by atoms with E-state index in [1.165, 1.54) is 13.2 Å². The number of carboxylic acids is 1. The number of aliphatic hydroxyl groups is 1. The number of carbonyl (C=O) groups is 1. The number of hydrogen-bond donors (Lipinski definition) is 3. The molecule has 0 bridgehead atoms. The Balaban J connectivity index is 1.81. The Morgan fingerprint density at radius 3 is 2.74 bits per heavy atom. The van der Waals surface area contributed by atoms with Gasteiger partial charge in [-0.3, -0.25) is 4.79 Å². The van der Waals surface area contributed by atoms with Gasteiger partial charge in [0.2, 0.25) is 5.43 Å². The largest absolute Gasteiger partial charge is 0.496 e. The average molecular weight is 448 g/mol. The lowest BCUT2D eigenvalue weighted by atomic mass is 9.91. The van der Waals surface area contributed by atoms with Gasteiger partial charge < -0.3 is 19.9 Å². The Bertz CT molecular complexity index is 1160. The van der Waals surface area contributed by atoms with Gasteiger partial charge in [-0.15, -0.1) is 0 Å². The summed E-state index contributed by atoms with van der Waals surface area (Å²) in [7, 11) is 1.49. The third-order valence-corrected chi connectivity index (χ3v) is 5.69. The van der Waals surface area contributed by atoms with Gasteiger partial charge in [0, 0.05) is 29.1 Å². The number of unbranched alkanes of at least 4 members (excludes halogenated alkanes) is 1. The van der Waals surface area contributed by atoms with Crippen molar-refractivity contribution in [2.24, 2.45) is 0 Å². The number of fused-ring (bicyclic) bond motifs is 1. The first-order valence-corrected chi connectivity index (χ1v) is 10.3. The fourth-order valence-electron chi connectivity index (χ4n) is 3.71. The number of aromatic carboxylic acids is 1. The van der Waals surface area contributed by atoms with Crippen LogP contribution in [0.5, 0.6) is 5.75 Å². The van der Waals surface area contributed by atoms with E-state index in [1.54, 1.807) is 24.3 Å². The number of H-pyrrole nitrogens is 1. The second-order valence-electron chi connectivity index (χ2n) is 7.31. The summed E-state index contributed by atoms with van der Waals surface area (Å²) in [5.74, 6) is -1.55. The number of ether oxygens (including phenoxy) is 1. The number of benzene rings is 2. The topological polar surface area (TPSA) is 99.6 Å². The van der Waals surface area contributed by atoms with Crippen LogP contribution in [0.1, 0.15) is 46.7 Å². The number of aryl methyl sites for hydroxylation is 1. The van der Waals surface area contributed by atoms with Crippen LogP contribution in [0.3, 0.4) is 0 Å². The van der Waals surface area contributed by atoms with Gasteiger partial charge in [0.05, 0.1) is 24.3 Å². The molecule has 0 spiro atoms. The van der Waals surface area contributed by atoms with Crippen molar-refractivity contribution in [1.82, 2.24) is 4.98 Å². The summed E-state index contributed by atoms with van der Waals surface area (Å²) in [5, 5.41) is 19.5. The zero-order chi connectivity index (χ0) is 22.5. The number of carboxylic acid groups (broad SMARTS) is 1. The summed E-state index contributed by atoms with van der Waals surface area (Å²) in [6.07, 6.45) is 3.64. The molecule has 3 N–H and O–H groups in total. The molecular formula is C23H23ClFNO5. The molecule has 0 saturated heterocycles. The van der Waals surface area contributed by atoms with Crippen molar-refractivity contribution in [3.63, 3.8) is 0 Å². The molecule has 0 radical (unpaired) electrons. The maximum Gasteiger partial charge on any atom is 0.341 e. The average Bonchev–Trinajstić information content (AvgIpc) is 2.76. The van der Waals surface area contributed by atoms with E-state index in [4.69, 9.17) is 16.3 Å². The highest BCUT2D eigenvalue weighted by Crippen LogP contribution is 2.33. The SMILES string of the molecule is COc1cc2[nH]cc(C(=O)O)c(=O)c2cc1C(CO)CCCCc1cccc(Cl)c1F. The molecule has 0 aliphatic heterocycles. The van der Waals surface area contributed by atoms with E-state index in [0.717, 1.165) is 6.20 Å². The van der Waals surface area contributed by atoms with E-state index < -0.39 is 17.2 Å². The maximum absolute atomic E-state index is 14.0. The molecule has 164 valence electrons. The van der Waals surface area contributed by atoms with E-state index in [9.17, 15) is 24.2 Å². The van der Waals surface area contributed by atoms with Crippen LogP contribution in [0.15, 0.2) is 41.3 Å². The first-order valence-electron chi connectivity index (χ1n) is 9.87. The molecule has 3 rings (SSSR count). The lowest BCUT2D eigenvalue weighted by Crippen LogP contribution is -2.16. The normalized spacial score (nSPS) is 12.1. The van der Waals surface area contributed by atoms with Crippen molar-refractivity contribution in [1.29, 1.82) is 0 Å². The molecule has 0 aliphatic rings. The maximum atomic E-state index is 14.0. The number of halogens is 2. The highest BCUT2D eigenvalue weighted by atomic mass is 35.5. The second-order valence-corrected chi connectivity index (χ2v) is 7.72. The summed E-state index contributed by atoms with van der Waals surface area (Å²) in [4.78, 5) is 26.7. The monoisotopic (exact) mass is 447 g/mol. The zero-order valence-corrected chi connectivity index (χ0v) is 17.7. The Labute approximate surface area is 183 Å². The Kier molecular flexibility index (Phi) is 7.30. The molecule has 1 aromatic heterocycles. The van der Waals surface area contributed by atoms with Crippen molar-refractivity contribution in [2.45, 2.75) is 31.6 Å². The minimum atomic E-state index is -1.31. The molecule has 31 heavy (non-hydrogen) atoms. The van der Waals surface area contributed by atoms with Gasteiger partial charge in [-0.2, -0.15) is 0 Å². The van der Waals surface area contributed by atoms with Crippen molar-refractivity contribution in [3.05, 3.63) is 74.3 Å². The smallest absolute Gasteiger partial charge is 0.341 e. The summed E-state index contributed by atoms with van der Waals surface area (Å²) in [6, 6.07) is 8.12. The van der Waals surface area contributed by atoms with Gasteiger partial charge in [-0.1, -0.05) is 30.2 Å². The molecule has 0 fully saturated rings. The molecule has 8 heteroatoms. The molecule has 1 heterocycles. The van der Waals surface area contributed by atoms with Gasteiger partial charge in [-0.25, -0.2) is 9.18 Å². The molecule has 1 unspecified atom stereocenters. The molecule has 2 aromatic carbocycles. The Morgan fingerprint density at radius 2 is 2.06 bits per heavy atom. The van der Waals surface area contributed by atoms with Crippen molar-refractivity contribution < 1.29 is 24.1 Å². The predicted molar refractivity (Wildman–Crippen MR) is 117 cm³/mol. The van der Waals surface area contributed by atoms with Gasteiger partial charge in [-0.05, 0) is 37.0 Å². The zero-order valence-electron chi connectivity index (χ0n) is 17.0. The standard InChI is InChI=1S/C23H23ClFNO5/c1-31-20-10-19-16(22(28)17(11-26-19)23(29)30)9-15(20)14(12-27)6-3-2-5-13-7-4-8-18(24)21(13)25/h4,7-11,14,27H,2-3,5-6,12H2,1H3,(H,26,28)(H,29,30). The first-order chi connectivity index (χ1) is 14.9. The van der Waals surface area contributed by atoms with Crippen LogP contribution in [0.2, 0.25) is 5.02 Å². The molecule has 3 aromatic rings. The summed E-state index contributed by atoms with van der Waals surface area (Å²) in [6.45, 7) is -0.177. The summed E-state index contributed by atoms with van der Waals surface area (Å²) < 4.78 is 19.5. The molecular weight excluding hydrogens is 425 g/mol. The molecule has 0 saturated carbocycles. The number of aromatic nitrogens is 1. The Morgan fingerprint density at radius 1 is 1.29 bits per heavy atom. The van der Waals surface area contributed by atoms with Crippen molar-refractivity contribution in [3.8, 4) is 5.75 Å². The summed E-state index contributed by atoms with van der Waals surface area (Å²) in [5.41, 5.74) is 0.665. The molecule has 1 atom stereocenters. The first kappa shape index (κ1) is 22.8. The van der Waals surface area contributed by atoms with E-state index in [1.807, 2.05) is 0 Å². The third kappa shape index (κ3) is 4.89. The second kappa shape index (κ2) is 9.94. The van der Waals surface area contributed by atoms with Crippen LogP contribution in [0, 0.1) is 5.82 Å². The minimum Gasteiger partial charge on any atom is -0.496 e. The van der Waals surface area contributed by atoms with E-state index in [2.05, 4.69) is 4.98 Å². The van der Waals surface area contributed by atoms with Crippen LogP contribution < -0.4 is 10.2 Å². The van der Waals surface area contributed by atoms with Gasteiger partial charge in [0.25, 0.3) is 0 Å². The van der Waals surface area contributed by atoms with Crippen LogP contribution in [0.4, 0.5) is 4.39 Å². The predicted octanol–water partition coefficient (Wildman–Crippen LogP) is 4.52. The molecule has 6 nitrogen and oxygen atoms in total. The highest BCUT2D eigenvalue weighted by Gasteiger charge is 2.19. The lowest BCUT2D eigenvalue weighted by Gasteiger charge is -2.19. The number of aliphatic hydroxyl groups excluding tert-OH is 1.